The van der Waals surface area contributed by atoms with Crippen LogP contribution in [-0.2, 0) is 12.2 Å². The van der Waals surface area contributed by atoms with Gasteiger partial charge in [-0.05, 0) is 36.6 Å². The summed E-state index contributed by atoms with van der Waals surface area (Å²) in [4.78, 5) is 10.0. The van der Waals surface area contributed by atoms with Crippen LogP contribution in [0.2, 0.25) is 0 Å². The summed E-state index contributed by atoms with van der Waals surface area (Å²) < 4.78 is 1.09. The van der Waals surface area contributed by atoms with Crippen LogP contribution in [-0.4, -0.2) is 16.0 Å². The molecule has 0 aliphatic heterocycles. The molecule has 0 spiro atoms. The lowest BCUT2D eigenvalue weighted by Crippen LogP contribution is -2.21. The van der Waals surface area contributed by atoms with E-state index in [9.17, 15) is 0 Å². The van der Waals surface area contributed by atoms with Crippen molar-refractivity contribution in [1.82, 2.24) is 9.97 Å². The average molecular weight is 352 g/mol. The van der Waals surface area contributed by atoms with E-state index < -0.39 is 0 Å². The summed E-state index contributed by atoms with van der Waals surface area (Å²) in [6.07, 6.45) is 5.59. The SMILES string of the molecule is CCC(N)Cc1cnc(CSc2cccc(Br)c2)nc1. The minimum atomic E-state index is 0.195. The molecule has 0 fully saturated rings. The summed E-state index contributed by atoms with van der Waals surface area (Å²) in [5, 5.41) is 0. The van der Waals surface area contributed by atoms with Crippen molar-refractivity contribution in [2.24, 2.45) is 5.73 Å². The van der Waals surface area contributed by atoms with Crippen molar-refractivity contribution in [3.8, 4) is 0 Å². The molecule has 0 aliphatic rings. The number of hydrogen-bond acceptors (Lipinski definition) is 4. The largest absolute Gasteiger partial charge is 0.327 e. The number of rotatable bonds is 6. The Balaban J connectivity index is 1.90. The standard InChI is InChI=1S/C15H18BrN3S/c1-2-13(17)6-11-8-18-15(19-9-11)10-20-14-5-3-4-12(16)7-14/h3-5,7-9,13H,2,6,10,17H2,1H3. The van der Waals surface area contributed by atoms with E-state index in [2.05, 4.69) is 45.0 Å². The Bertz CT molecular complexity index is 545. The van der Waals surface area contributed by atoms with Crippen molar-refractivity contribution in [2.75, 3.05) is 0 Å². The predicted octanol–water partition coefficient (Wildman–Crippen LogP) is 3.81. The summed E-state index contributed by atoms with van der Waals surface area (Å²) in [5.74, 6) is 1.63. The third kappa shape index (κ3) is 4.89. The van der Waals surface area contributed by atoms with Crippen LogP contribution in [0.3, 0.4) is 0 Å². The second-order valence-electron chi connectivity index (χ2n) is 4.63. The molecule has 1 unspecified atom stereocenters. The molecule has 20 heavy (non-hydrogen) atoms. The zero-order valence-electron chi connectivity index (χ0n) is 11.4. The zero-order valence-corrected chi connectivity index (χ0v) is 13.8. The first-order valence-electron chi connectivity index (χ1n) is 6.61. The van der Waals surface area contributed by atoms with Gasteiger partial charge >= 0.3 is 0 Å². The van der Waals surface area contributed by atoms with E-state index in [4.69, 9.17) is 5.73 Å². The zero-order chi connectivity index (χ0) is 14.4. The second kappa shape index (κ2) is 7.76. The van der Waals surface area contributed by atoms with Gasteiger partial charge in [0.05, 0.1) is 5.75 Å². The minimum Gasteiger partial charge on any atom is -0.327 e. The summed E-state index contributed by atoms with van der Waals surface area (Å²) in [5.41, 5.74) is 7.03. The Morgan fingerprint density at radius 3 is 2.70 bits per heavy atom. The molecule has 2 aromatic rings. The van der Waals surface area contributed by atoms with E-state index in [0.717, 1.165) is 34.5 Å². The van der Waals surface area contributed by atoms with Gasteiger partial charge in [-0.3, -0.25) is 0 Å². The molecule has 2 N–H and O–H groups in total. The van der Waals surface area contributed by atoms with Gasteiger partial charge in [0.15, 0.2) is 0 Å². The lowest BCUT2D eigenvalue weighted by Gasteiger charge is -2.08. The van der Waals surface area contributed by atoms with E-state index in [1.165, 1.54) is 4.90 Å². The lowest BCUT2D eigenvalue weighted by atomic mass is 10.1. The number of aromatic nitrogens is 2. The van der Waals surface area contributed by atoms with Crippen molar-refractivity contribution in [1.29, 1.82) is 0 Å². The van der Waals surface area contributed by atoms with Crippen LogP contribution in [0.4, 0.5) is 0 Å². The first-order chi connectivity index (χ1) is 9.67. The van der Waals surface area contributed by atoms with E-state index in [0.29, 0.717) is 0 Å². The molecule has 106 valence electrons. The molecule has 0 radical (unpaired) electrons. The summed E-state index contributed by atoms with van der Waals surface area (Å²) in [6, 6.07) is 8.43. The highest BCUT2D eigenvalue weighted by Gasteiger charge is 2.04. The van der Waals surface area contributed by atoms with Crippen molar-refractivity contribution < 1.29 is 0 Å². The maximum absolute atomic E-state index is 5.93. The molecule has 0 saturated heterocycles. The van der Waals surface area contributed by atoms with E-state index >= 15 is 0 Å². The van der Waals surface area contributed by atoms with Gasteiger partial charge in [0.25, 0.3) is 0 Å². The Morgan fingerprint density at radius 2 is 2.05 bits per heavy atom. The van der Waals surface area contributed by atoms with Gasteiger partial charge in [-0.25, -0.2) is 9.97 Å². The maximum Gasteiger partial charge on any atom is 0.138 e. The van der Waals surface area contributed by atoms with Gasteiger partial charge in [0.1, 0.15) is 5.82 Å². The van der Waals surface area contributed by atoms with Gasteiger partial charge in [-0.15, -0.1) is 11.8 Å². The summed E-state index contributed by atoms with van der Waals surface area (Å²) in [6.45, 7) is 2.09. The number of nitrogens with two attached hydrogens (primary N) is 1. The van der Waals surface area contributed by atoms with Gasteiger partial charge < -0.3 is 5.73 Å². The first kappa shape index (κ1) is 15.5. The average Bonchev–Trinajstić information content (AvgIpc) is 2.46. The predicted molar refractivity (Wildman–Crippen MR) is 87.7 cm³/mol. The highest BCUT2D eigenvalue weighted by Crippen LogP contribution is 2.24. The highest BCUT2D eigenvalue weighted by atomic mass is 79.9. The summed E-state index contributed by atoms with van der Waals surface area (Å²) >= 11 is 5.20. The highest BCUT2D eigenvalue weighted by molar-refractivity contribution is 9.10. The molecule has 2 rings (SSSR count). The fourth-order valence-electron chi connectivity index (χ4n) is 1.71. The van der Waals surface area contributed by atoms with Crippen LogP contribution in [0.1, 0.15) is 24.7 Å². The second-order valence-corrected chi connectivity index (χ2v) is 6.59. The molecule has 0 amide bonds. The third-order valence-corrected chi connectivity index (χ3v) is 4.43. The molecule has 0 saturated carbocycles. The Labute approximate surface area is 132 Å². The number of nitrogens with zero attached hydrogens (tertiary/aromatic N) is 2. The molecule has 5 heteroatoms. The van der Waals surface area contributed by atoms with Crippen molar-refractivity contribution >= 4 is 27.7 Å². The van der Waals surface area contributed by atoms with E-state index in [1.807, 2.05) is 24.5 Å². The van der Waals surface area contributed by atoms with Crippen LogP contribution < -0.4 is 5.73 Å². The normalized spacial score (nSPS) is 12.3. The Morgan fingerprint density at radius 1 is 1.30 bits per heavy atom. The quantitative estimate of drug-likeness (QED) is 0.804. The molecule has 1 heterocycles. The van der Waals surface area contributed by atoms with Gasteiger partial charge in [0.2, 0.25) is 0 Å². The Kier molecular flexibility index (Phi) is 6.01. The number of halogens is 1. The van der Waals surface area contributed by atoms with Crippen molar-refractivity contribution in [2.45, 2.75) is 36.5 Å². The monoisotopic (exact) mass is 351 g/mol. The van der Waals surface area contributed by atoms with Crippen LogP contribution in [0.25, 0.3) is 0 Å². The third-order valence-electron chi connectivity index (χ3n) is 2.95. The molecule has 0 bridgehead atoms. The van der Waals surface area contributed by atoms with Crippen LogP contribution in [0.15, 0.2) is 46.0 Å². The van der Waals surface area contributed by atoms with Crippen molar-refractivity contribution in [3.05, 3.63) is 52.5 Å². The molecule has 3 nitrogen and oxygen atoms in total. The molecular formula is C15H18BrN3S. The fourth-order valence-corrected chi connectivity index (χ4v) is 3.09. The van der Waals surface area contributed by atoms with Crippen LogP contribution in [0, 0.1) is 0 Å². The molecule has 1 aromatic heterocycles. The first-order valence-corrected chi connectivity index (χ1v) is 8.39. The lowest BCUT2D eigenvalue weighted by molar-refractivity contribution is 0.642. The smallest absolute Gasteiger partial charge is 0.138 e. The number of hydrogen-bond donors (Lipinski definition) is 1. The molecule has 1 aromatic carbocycles. The maximum atomic E-state index is 5.93. The number of benzene rings is 1. The molecule has 0 aliphatic carbocycles. The molecule has 1 atom stereocenters. The fraction of sp³-hybridized carbons (Fsp3) is 0.333. The van der Waals surface area contributed by atoms with Crippen molar-refractivity contribution in [3.63, 3.8) is 0 Å². The summed E-state index contributed by atoms with van der Waals surface area (Å²) in [7, 11) is 0. The molecular weight excluding hydrogens is 334 g/mol. The Hall–Kier alpha value is -0.910. The van der Waals surface area contributed by atoms with E-state index in [1.54, 1.807) is 11.8 Å². The van der Waals surface area contributed by atoms with Crippen LogP contribution in [0.5, 0.6) is 0 Å². The van der Waals surface area contributed by atoms with Gasteiger partial charge in [-0.2, -0.15) is 0 Å². The van der Waals surface area contributed by atoms with E-state index in [-0.39, 0.29) is 6.04 Å². The number of thioether (sulfide) groups is 1. The topological polar surface area (TPSA) is 51.8 Å². The van der Waals surface area contributed by atoms with Gasteiger partial charge in [0, 0.05) is 27.8 Å². The minimum absolute atomic E-state index is 0.195. The van der Waals surface area contributed by atoms with Crippen LogP contribution >= 0.6 is 27.7 Å². The van der Waals surface area contributed by atoms with Gasteiger partial charge in [-0.1, -0.05) is 28.9 Å².